The van der Waals surface area contributed by atoms with Crippen LogP contribution in [0.1, 0.15) is 24.2 Å². The zero-order valence-corrected chi connectivity index (χ0v) is 12.4. The van der Waals surface area contributed by atoms with Crippen LogP contribution in [0.25, 0.3) is 0 Å². The summed E-state index contributed by atoms with van der Waals surface area (Å²) in [5.74, 6) is 0.0464. The number of carbonyl (C=O) groups is 1. The molecule has 1 aliphatic heterocycles. The number of ether oxygens (including phenoxy) is 1. The summed E-state index contributed by atoms with van der Waals surface area (Å²) >= 11 is 0. The molecule has 0 aliphatic carbocycles. The van der Waals surface area contributed by atoms with Crippen LogP contribution in [0.3, 0.4) is 0 Å². The average Bonchev–Trinajstić information content (AvgIpc) is 2.47. The van der Waals surface area contributed by atoms with Crippen LogP contribution in [0, 0.1) is 0 Å². The lowest BCUT2D eigenvalue weighted by Crippen LogP contribution is -2.41. The van der Waals surface area contributed by atoms with Gasteiger partial charge in [-0.25, -0.2) is 0 Å². The fourth-order valence-electron chi connectivity index (χ4n) is 2.59. The molecule has 0 aromatic heterocycles. The van der Waals surface area contributed by atoms with Crippen molar-refractivity contribution < 1.29 is 9.53 Å². The number of benzene rings is 1. The summed E-state index contributed by atoms with van der Waals surface area (Å²) in [4.78, 5) is 14.6. The van der Waals surface area contributed by atoms with E-state index in [4.69, 9.17) is 4.74 Å². The Bertz CT molecular complexity index is 476. The number of likely N-dealkylation sites (N-methyl/N-ethyl adjacent to an activating group) is 1. The lowest BCUT2D eigenvalue weighted by atomic mass is 10.1. The van der Waals surface area contributed by atoms with E-state index in [1.54, 1.807) is 7.11 Å². The van der Waals surface area contributed by atoms with Crippen LogP contribution in [0.4, 0.5) is 11.4 Å². The van der Waals surface area contributed by atoms with Gasteiger partial charge in [0.2, 0.25) is 0 Å². The lowest BCUT2D eigenvalue weighted by molar-refractivity contribution is 0.0580. The molecule has 5 heteroatoms. The molecule has 1 aromatic rings. The van der Waals surface area contributed by atoms with Gasteiger partial charge in [-0.3, -0.25) is 4.79 Å². The molecule has 1 heterocycles. The van der Waals surface area contributed by atoms with E-state index in [0.717, 1.165) is 30.0 Å². The highest BCUT2D eigenvalue weighted by atomic mass is 16.5. The van der Waals surface area contributed by atoms with E-state index in [1.807, 2.05) is 36.9 Å². The normalized spacial score (nSPS) is 14.8. The molecule has 110 valence electrons. The molecule has 2 rings (SSSR count). The maximum absolute atomic E-state index is 12.8. The maximum atomic E-state index is 12.8. The molecule has 0 bridgehead atoms. The van der Waals surface area contributed by atoms with Crippen LogP contribution in [0.2, 0.25) is 0 Å². The van der Waals surface area contributed by atoms with Crippen molar-refractivity contribution in [3.05, 3.63) is 23.8 Å². The zero-order valence-electron chi connectivity index (χ0n) is 12.4. The molecule has 20 heavy (non-hydrogen) atoms. The van der Waals surface area contributed by atoms with E-state index < -0.39 is 0 Å². The summed E-state index contributed by atoms with van der Waals surface area (Å²) in [5.41, 5.74) is 2.63. The van der Waals surface area contributed by atoms with E-state index in [2.05, 4.69) is 10.6 Å². The van der Waals surface area contributed by atoms with Crippen molar-refractivity contribution in [1.29, 1.82) is 0 Å². The molecular formula is C15H23N3O2. The maximum Gasteiger partial charge on any atom is 0.256 e. The highest BCUT2D eigenvalue weighted by molar-refractivity contribution is 6.03. The first-order chi connectivity index (χ1) is 9.69. The summed E-state index contributed by atoms with van der Waals surface area (Å²) < 4.78 is 5.16. The van der Waals surface area contributed by atoms with Crippen molar-refractivity contribution in [1.82, 2.24) is 4.90 Å². The second-order valence-corrected chi connectivity index (χ2v) is 4.98. The van der Waals surface area contributed by atoms with Gasteiger partial charge in [0.1, 0.15) is 0 Å². The molecule has 2 N–H and O–H groups in total. The van der Waals surface area contributed by atoms with Gasteiger partial charge in [-0.15, -0.1) is 0 Å². The molecule has 5 nitrogen and oxygen atoms in total. The number of para-hydroxylation sites is 1. The standard InChI is InChI=1S/C15H23N3O2/c1-4-18(11(2)10-20-3)15(19)12-6-5-7-13-14(12)17-9-8-16-13/h5-7,11,16-17H,4,8-10H2,1-3H3. The van der Waals surface area contributed by atoms with Gasteiger partial charge >= 0.3 is 0 Å². The predicted molar refractivity (Wildman–Crippen MR) is 81.5 cm³/mol. The number of methoxy groups -OCH3 is 1. The van der Waals surface area contributed by atoms with Crippen LogP contribution in [0.5, 0.6) is 0 Å². The summed E-state index contributed by atoms with van der Waals surface area (Å²) in [6.45, 7) is 6.91. The highest BCUT2D eigenvalue weighted by Gasteiger charge is 2.24. The van der Waals surface area contributed by atoms with Gasteiger partial charge in [-0.05, 0) is 26.0 Å². The van der Waals surface area contributed by atoms with Crippen molar-refractivity contribution in [2.24, 2.45) is 0 Å². The topological polar surface area (TPSA) is 53.6 Å². The van der Waals surface area contributed by atoms with Crippen molar-refractivity contribution in [3.63, 3.8) is 0 Å². The third-order valence-electron chi connectivity index (χ3n) is 3.58. The molecule has 0 saturated heterocycles. The first-order valence-corrected chi connectivity index (χ1v) is 7.09. The number of nitrogens with one attached hydrogen (secondary N) is 2. The van der Waals surface area contributed by atoms with Crippen LogP contribution in [-0.2, 0) is 4.74 Å². The third kappa shape index (κ3) is 2.88. The van der Waals surface area contributed by atoms with E-state index in [9.17, 15) is 4.79 Å². The number of hydrogen-bond acceptors (Lipinski definition) is 4. The van der Waals surface area contributed by atoms with E-state index in [-0.39, 0.29) is 11.9 Å². The Balaban J connectivity index is 2.28. The number of hydrogen-bond donors (Lipinski definition) is 2. The first-order valence-electron chi connectivity index (χ1n) is 7.09. The zero-order chi connectivity index (χ0) is 14.5. The smallest absolute Gasteiger partial charge is 0.256 e. The minimum absolute atomic E-state index is 0.0464. The minimum Gasteiger partial charge on any atom is -0.383 e. The molecule has 0 radical (unpaired) electrons. The number of fused-ring (bicyclic) bond motifs is 1. The van der Waals surface area contributed by atoms with Crippen molar-refractivity contribution in [2.45, 2.75) is 19.9 Å². The minimum atomic E-state index is 0.0464. The lowest BCUT2D eigenvalue weighted by Gasteiger charge is -2.30. The molecule has 1 atom stereocenters. The Morgan fingerprint density at radius 3 is 2.85 bits per heavy atom. The van der Waals surface area contributed by atoms with Gasteiger partial charge in [0.05, 0.1) is 29.6 Å². The SMILES string of the molecule is CCN(C(=O)c1cccc2c1NCCN2)C(C)COC. The van der Waals surface area contributed by atoms with E-state index >= 15 is 0 Å². The van der Waals surface area contributed by atoms with Gasteiger partial charge in [0, 0.05) is 26.7 Å². The second kappa shape index (κ2) is 6.61. The Hall–Kier alpha value is -1.75. The number of amides is 1. The van der Waals surface area contributed by atoms with Crippen LogP contribution < -0.4 is 10.6 Å². The molecule has 0 fully saturated rings. The van der Waals surface area contributed by atoms with Crippen LogP contribution >= 0.6 is 0 Å². The number of anilines is 2. The summed E-state index contributed by atoms with van der Waals surface area (Å²) in [7, 11) is 1.66. The monoisotopic (exact) mass is 277 g/mol. The van der Waals surface area contributed by atoms with Crippen molar-refractivity contribution >= 4 is 17.3 Å². The summed E-state index contributed by atoms with van der Waals surface area (Å²) in [6.07, 6.45) is 0. The largest absolute Gasteiger partial charge is 0.383 e. The summed E-state index contributed by atoms with van der Waals surface area (Å²) in [6, 6.07) is 5.85. The Kier molecular flexibility index (Phi) is 4.84. The van der Waals surface area contributed by atoms with E-state index in [0.29, 0.717) is 13.2 Å². The quantitative estimate of drug-likeness (QED) is 0.864. The third-order valence-corrected chi connectivity index (χ3v) is 3.58. The Labute approximate surface area is 120 Å². The fourth-order valence-corrected chi connectivity index (χ4v) is 2.59. The average molecular weight is 277 g/mol. The number of rotatable bonds is 5. The Morgan fingerprint density at radius 1 is 1.40 bits per heavy atom. The predicted octanol–water partition coefficient (Wildman–Crippen LogP) is 2.02. The first kappa shape index (κ1) is 14.7. The van der Waals surface area contributed by atoms with Crippen molar-refractivity contribution in [2.75, 3.05) is 44.0 Å². The molecule has 0 spiro atoms. The molecular weight excluding hydrogens is 254 g/mol. The molecule has 1 aromatic carbocycles. The van der Waals surface area contributed by atoms with Gasteiger partial charge in [0.15, 0.2) is 0 Å². The fraction of sp³-hybridized carbons (Fsp3) is 0.533. The highest BCUT2D eigenvalue weighted by Crippen LogP contribution is 2.29. The molecule has 1 amide bonds. The second-order valence-electron chi connectivity index (χ2n) is 4.98. The van der Waals surface area contributed by atoms with Crippen LogP contribution in [0.15, 0.2) is 18.2 Å². The number of nitrogens with zero attached hydrogens (tertiary/aromatic N) is 1. The van der Waals surface area contributed by atoms with Gasteiger partial charge in [-0.1, -0.05) is 6.07 Å². The summed E-state index contributed by atoms with van der Waals surface area (Å²) in [5, 5.41) is 6.63. The van der Waals surface area contributed by atoms with Crippen molar-refractivity contribution in [3.8, 4) is 0 Å². The number of carbonyl (C=O) groups excluding carboxylic acids is 1. The van der Waals surface area contributed by atoms with Gasteiger partial charge < -0.3 is 20.3 Å². The van der Waals surface area contributed by atoms with Gasteiger partial charge in [-0.2, -0.15) is 0 Å². The Morgan fingerprint density at radius 2 is 2.15 bits per heavy atom. The van der Waals surface area contributed by atoms with Gasteiger partial charge in [0.25, 0.3) is 5.91 Å². The molecule has 0 saturated carbocycles. The molecule has 1 aliphatic rings. The molecule has 1 unspecified atom stereocenters. The van der Waals surface area contributed by atoms with E-state index in [1.165, 1.54) is 0 Å². The van der Waals surface area contributed by atoms with Crippen LogP contribution in [-0.4, -0.2) is 50.2 Å².